The first kappa shape index (κ1) is 14.5. The van der Waals surface area contributed by atoms with Crippen molar-refractivity contribution in [3.63, 3.8) is 0 Å². The van der Waals surface area contributed by atoms with E-state index in [2.05, 4.69) is 5.32 Å². The molecule has 1 aliphatic carbocycles. The van der Waals surface area contributed by atoms with Gasteiger partial charge in [0.05, 0.1) is 0 Å². The molecule has 0 aromatic carbocycles. The summed E-state index contributed by atoms with van der Waals surface area (Å²) in [7, 11) is 0. The van der Waals surface area contributed by atoms with E-state index in [9.17, 15) is 4.79 Å². The van der Waals surface area contributed by atoms with Crippen molar-refractivity contribution < 1.29 is 9.90 Å². The van der Waals surface area contributed by atoms with Crippen LogP contribution in [0.2, 0.25) is 0 Å². The number of aliphatic hydroxyl groups is 1. The third kappa shape index (κ3) is 6.06. The van der Waals surface area contributed by atoms with Crippen LogP contribution in [0.3, 0.4) is 0 Å². The van der Waals surface area contributed by atoms with Crippen molar-refractivity contribution in [1.82, 2.24) is 5.32 Å². The van der Waals surface area contributed by atoms with Gasteiger partial charge in [0.25, 0.3) is 0 Å². The second-order valence-corrected chi connectivity index (χ2v) is 5.23. The summed E-state index contributed by atoms with van der Waals surface area (Å²) in [4.78, 5) is 11.7. The number of amides is 1. The molecule has 0 aromatic rings. The van der Waals surface area contributed by atoms with Gasteiger partial charge in [-0.05, 0) is 25.2 Å². The Kier molecular flexibility index (Phi) is 7.25. The van der Waals surface area contributed by atoms with E-state index in [0.717, 1.165) is 18.8 Å². The molecule has 1 aliphatic rings. The SMILES string of the molecule is CCC(CCO)NC(=O)CCC1CCCCC1. The van der Waals surface area contributed by atoms with Crippen LogP contribution in [0.4, 0.5) is 0 Å². The molecule has 1 fully saturated rings. The molecule has 1 amide bonds. The van der Waals surface area contributed by atoms with Crippen LogP contribution in [-0.4, -0.2) is 23.7 Å². The molecule has 0 aromatic heterocycles. The molecule has 0 radical (unpaired) electrons. The number of carbonyl (C=O) groups is 1. The third-order valence-corrected chi connectivity index (χ3v) is 3.84. The van der Waals surface area contributed by atoms with Crippen molar-refractivity contribution in [1.29, 1.82) is 0 Å². The molecule has 1 unspecified atom stereocenters. The van der Waals surface area contributed by atoms with Crippen molar-refractivity contribution in [2.75, 3.05) is 6.61 Å². The van der Waals surface area contributed by atoms with Crippen LogP contribution in [0, 0.1) is 5.92 Å². The molecule has 0 bridgehead atoms. The van der Waals surface area contributed by atoms with Crippen LogP contribution in [0.5, 0.6) is 0 Å². The largest absolute Gasteiger partial charge is 0.396 e. The topological polar surface area (TPSA) is 49.3 Å². The summed E-state index contributed by atoms with van der Waals surface area (Å²) in [6, 6.07) is 0.152. The molecule has 100 valence electrons. The van der Waals surface area contributed by atoms with E-state index in [4.69, 9.17) is 5.11 Å². The number of carbonyl (C=O) groups excluding carboxylic acids is 1. The van der Waals surface area contributed by atoms with E-state index >= 15 is 0 Å². The number of rotatable bonds is 7. The van der Waals surface area contributed by atoms with Gasteiger partial charge in [0.15, 0.2) is 0 Å². The summed E-state index contributed by atoms with van der Waals surface area (Å²) in [6.45, 7) is 2.20. The molecule has 1 atom stereocenters. The average molecular weight is 241 g/mol. The molecular formula is C14H27NO2. The number of hydrogen-bond acceptors (Lipinski definition) is 2. The van der Waals surface area contributed by atoms with Crippen LogP contribution in [0.15, 0.2) is 0 Å². The molecule has 0 aliphatic heterocycles. The zero-order valence-electron chi connectivity index (χ0n) is 11.1. The van der Waals surface area contributed by atoms with Crippen molar-refractivity contribution in [3.8, 4) is 0 Å². The Hall–Kier alpha value is -0.570. The number of nitrogens with one attached hydrogen (secondary N) is 1. The summed E-state index contributed by atoms with van der Waals surface area (Å²) in [5, 5.41) is 11.9. The molecular weight excluding hydrogens is 214 g/mol. The van der Waals surface area contributed by atoms with E-state index < -0.39 is 0 Å². The fourth-order valence-electron chi connectivity index (χ4n) is 2.65. The zero-order chi connectivity index (χ0) is 12.5. The van der Waals surface area contributed by atoms with Crippen LogP contribution >= 0.6 is 0 Å². The summed E-state index contributed by atoms with van der Waals surface area (Å²) < 4.78 is 0. The monoisotopic (exact) mass is 241 g/mol. The highest BCUT2D eigenvalue weighted by molar-refractivity contribution is 5.76. The van der Waals surface area contributed by atoms with Crippen molar-refractivity contribution in [2.24, 2.45) is 5.92 Å². The Morgan fingerprint density at radius 3 is 2.65 bits per heavy atom. The first-order valence-electron chi connectivity index (χ1n) is 7.16. The van der Waals surface area contributed by atoms with Gasteiger partial charge in [0.2, 0.25) is 5.91 Å². The number of hydrogen-bond donors (Lipinski definition) is 2. The highest BCUT2D eigenvalue weighted by Crippen LogP contribution is 2.27. The Bertz CT molecular complexity index is 212. The van der Waals surface area contributed by atoms with E-state index in [1.54, 1.807) is 0 Å². The lowest BCUT2D eigenvalue weighted by molar-refractivity contribution is -0.122. The minimum absolute atomic E-state index is 0.152. The highest BCUT2D eigenvalue weighted by atomic mass is 16.3. The standard InChI is InChI=1S/C14H27NO2/c1-2-13(10-11-16)15-14(17)9-8-12-6-4-3-5-7-12/h12-13,16H,2-11H2,1H3,(H,15,17). The average Bonchev–Trinajstić information content (AvgIpc) is 2.37. The second kappa shape index (κ2) is 8.51. The summed E-state index contributed by atoms with van der Waals surface area (Å²) in [6.07, 6.45) is 9.94. The predicted molar refractivity (Wildman–Crippen MR) is 69.7 cm³/mol. The molecule has 3 heteroatoms. The van der Waals surface area contributed by atoms with Crippen molar-refractivity contribution in [3.05, 3.63) is 0 Å². The molecule has 17 heavy (non-hydrogen) atoms. The van der Waals surface area contributed by atoms with E-state index in [1.807, 2.05) is 6.92 Å². The van der Waals surface area contributed by atoms with Crippen LogP contribution in [0.1, 0.15) is 64.7 Å². The lowest BCUT2D eigenvalue weighted by atomic mass is 9.86. The van der Waals surface area contributed by atoms with Gasteiger partial charge in [0.1, 0.15) is 0 Å². The van der Waals surface area contributed by atoms with Gasteiger partial charge >= 0.3 is 0 Å². The third-order valence-electron chi connectivity index (χ3n) is 3.84. The maximum Gasteiger partial charge on any atom is 0.220 e. The fraction of sp³-hybridized carbons (Fsp3) is 0.929. The maximum atomic E-state index is 11.7. The van der Waals surface area contributed by atoms with Crippen LogP contribution in [0.25, 0.3) is 0 Å². The summed E-state index contributed by atoms with van der Waals surface area (Å²) in [5.41, 5.74) is 0. The first-order valence-corrected chi connectivity index (χ1v) is 7.16. The van der Waals surface area contributed by atoms with Gasteiger partial charge < -0.3 is 10.4 Å². The van der Waals surface area contributed by atoms with Gasteiger partial charge in [-0.1, -0.05) is 39.0 Å². The molecule has 3 nitrogen and oxygen atoms in total. The van der Waals surface area contributed by atoms with E-state index in [-0.39, 0.29) is 18.6 Å². The molecule has 0 heterocycles. The normalized spacial score (nSPS) is 18.9. The Morgan fingerprint density at radius 2 is 2.06 bits per heavy atom. The van der Waals surface area contributed by atoms with Crippen LogP contribution in [-0.2, 0) is 4.79 Å². The lowest BCUT2D eigenvalue weighted by Gasteiger charge is -2.22. The fourth-order valence-corrected chi connectivity index (χ4v) is 2.65. The van der Waals surface area contributed by atoms with Gasteiger partial charge in [-0.25, -0.2) is 0 Å². The van der Waals surface area contributed by atoms with E-state index in [1.165, 1.54) is 32.1 Å². The lowest BCUT2D eigenvalue weighted by Crippen LogP contribution is -2.35. The quantitative estimate of drug-likeness (QED) is 0.720. The Balaban J connectivity index is 2.14. The number of aliphatic hydroxyl groups excluding tert-OH is 1. The Morgan fingerprint density at radius 1 is 1.35 bits per heavy atom. The predicted octanol–water partition coefficient (Wildman–Crippen LogP) is 2.62. The van der Waals surface area contributed by atoms with E-state index in [0.29, 0.717) is 12.8 Å². The molecule has 2 N–H and O–H groups in total. The first-order chi connectivity index (χ1) is 8.26. The van der Waals surface area contributed by atoms with Gasteiger partial charge in [-0.3, -0.25) is 4.79 Å². The molecule has 1 rings (SSSR count). The van der Waals surface area contributed by atoms with Crippen molar-refractivity contribution in [2.45, 2.75) is 70.8 Å². The van der Waals surface area contributed by atoms with Gasteiger partial charge in [-0.15, -0.1) is 0 Å². The summed E-state index contributed by atoms with van der Waals surface area (Å²) in [5.74, 6) is 0.934. The van der Waals surface area contributed by atoms with Gasteiger partial charge in [0, 0.05) is 19.1 Å². The summed E-state index contributed by atoms with van der Waals surface area (Å²) >= 11 is 0. The minimum atomic E-state index is 0.152. The molecule has 1 saturated carbocycles. The van der Waals surface area contributed by atoms with Crippen LogP contribution < -0.4 is 5.32 Å². The smallest absolute Gasteiger partial charge is 0.220 e. The molecule has 0 saturated heterocycles. The Labute approximate surface area is 105 Å². The maximum absolute atomic E-state index is 11.7. The minimum Gasteiger partial charge on any atom is -0.396 e. The highest BCUT2D eigenvalue weighted by Gasteiger charge is 2.16. The van der Waals surface area contributed by atoms with Crippen molar-refractivity contribution >= 4 is 5.91 Å². The zero-order valence-corrected chi connectivity index (χ0v) is 11.1. The second-order valence-electron chi connectivity index (χ2n) is 5.23. The van der Waals surface area contributed by atoms with Gasteiger partial charge in [-0.2, -0.15) is 0 Å². The molecule has 0 spiro atoms.